The molecule has 0 heterocycles. The number of ether oxygens (including phenoxy) is 6. The molecular weight excluding hydrogens is 461 g/mol. The number of unbranched alkanes of at least 4 members (excludes halogenated alkanes) is 3. The van der Waals surface area contributed by atoms with Crippen LogP contribution >= 0.6 is 0 Å². The van der Waals surface area contributed by atoms with E-state index in [0.29, 0.717) is 0 Å². The minimum absolute atomic E-state index is 0.0162. The van der Waals surface area contributed by atoms with Crippen molar-refractivity contribution in [1.29, 1.82) is 0 Å². The topological polar surface area (TPSA) is 55.4 Å². The average Bonchev–Trinajstić information content (AvgIpc) is 2.80. The molecule has 181 valence electrons. The molecular formula is C21H45O6Si4. The van der Waals surface area contributed by atoms with Crippen molar-refractivity contribution < 1.29 is 28.4 Å². The molecule has 0 aliphatic carbocycles. The summed E-state index contributed by atoms with van der Waals surface area (Å²) in [7, 11) is 12.3. The zero-order valence-electron chi connectivity index (χ0n) is 20.7. The Kier molecular flexibility index (Phi) is 24.3. The Morgan fingerprint density at radius 2 is 0.710 bits per heavy atom. The van der Waals surface area contributed by atoms with Crippen LogP contribution in [0.5, 0.6) is 0 Å². The maximum absolute atomic E-state index is 5.31. The minimum atomic E-state index is -0.257. The minimum Gasteiger partial charge on any atom is -0.360 e. The van der Waals surface area contributed by atoms with Crippen molar-refractivity contribution >= 4 is 37.4 Å². The van der Waals surface area contributed by atoms with Gasteiger partial charge in [-0.15, -0.1) is 0 Å². The van der Waals surface area contributed by atoms with Gasteiger partial charge in [0, 0.05) is 51.5 Å². The van der Waals surface area contributed by atoms with Gasteiger partial charge in [0.05, 0.1) is 0 Å². The lowest BCUT2D eigenvalue weighted by Crippen LogP contribution is -2.21. The molecule has 0 unspecified atom stereocenters. The van der Waals surface area contributed by atoms with Crippen molar-refractivity contribution in [3.8, 4) is 0 Å². The molecule has 31 heavy (non-hydrogen) atoms. The largest absolute Gasteiger partial charge is 0.360 e. The first-order valence-electron chi connectivity index (χ1n) is 11.4. The van der Waals surface area contributed by atoms with E-state index in [9.17, 15) is 0 Å². The van der Waals surface area contributed by atoms with E-state index in [-0.39, 0.29) is 26.5 Å². The summed E-state index contributed by atoms with van der Waals surface area (Å²) < 4.78 is 31.8. The molecule has 0 rings (SSSR count). The molecule has 0 saturated heterocycles. The van der Waals surface area contributed by atoms with E-state index in [1.807, 2.05) is 0 Å². The molecule has 0 bridgehead atoms. The summed E-state index contributed by atoms with van der Waals surface area (Å²) in [5.41, 5.74) is 0. The summed E-state index contributed by atoms with van der Waals surface area (Å²) >= 11 is 0. The number of hydrogen-bond acceptors (Lipinski definition) is 6. The van der Waals surface area contributed by atoms with Gasteiger partial charge in [-0.25, -0.2) is 0 Å². The van der Waals surface area contributed by atoms with Gasteiger partial charge in [-0.05, 0) is 0 Å². The van der Waals surface area contributed by atoms with Gasteiger partial charge in [0.1, 0.15) is 46.3 Å². The van der Waals surface area contributed by atoms with Crippen LogP contribution in [0.4, 0.5) is 0 Å². The third kappa shape index (κ3) is 18.7. The lowest BCUT2D eigenvalue weighted by molar-refractivity contribution is -0.0442. The van der Waals surface area contributed by atoms with Crippen molar-refractivity contribution in [3.63, 3.8) is 0 Å². The first-order valence-corrected chi connectivity index (χ1v) is 17.3. The average molecular weight is 506 g/mol. The van der Waals surface area contributed by atoms with Gasteiger partial charge in [0.2, 0.25) is 0 Å². The highest BCUT2D eigenvalue weighted by Crippen LogP contribution is 2.19. The fourth-order valence-corrected chi connectivity index (χ4v) is 9.39. The number of hydrogen-bond donors (Lipinski definition) is 0. The van der Waals surface area contributed by atoms with E-state index in [1.54, 1.807) is 42.7 Å². The smallest absolute Gasteiger partial charge is 0.136 e. The Morgan fingerprint density at radius 1 is 0.452 bits per heavy atom. The van der Waals surface area contributed by atoms with Gasteiger partial charge in [0.25, 0.3) is 0 Å². The molecule has 0 fully saturated rings. The Hall–Kier alpha value is 0.628. The van der Waals surface area contributed by atoms with E-state index >= 15 is 0 Å². The van der Waals surface area contributed by atoms with Crippen LogP contribution in [0, 0.1) is 0 Å². The van der Waals surface area contributed by atoms with Crippen molar-refractivity contribution in [2.75, 3.05) is 42.7 Å². The van der Waals surface area contributed by atoms with Crippen molar-refractivity contribution in [2.45, 2.75) is 92.5 Å². The van der Waals surface area contributed by atoms with Crippen LogP contribution in [0.2, 0.25) is 36.3 Å². The van der Waals surface area contributed by atoms with Crippen molar-refractivity contribution in [2.24, 2.45) is 0 Å². The molecule has 0 aliphatic rings. The fourth-order valence-electron chi connectivity index (χ4n) is 3.32. The number of methoxy groups -OCH3 is 6. The first kappa shape index (κ1) is 31.6. The second-order valence-electron chi connectivity index (χ2n) is 7.39. The highest BCUT2D eigenvalue weighted by atomic mass is 28.3. The van der Waals surface area contributed by atoms with Gasteiger partial charge in [-0.1, -0.05) is 74.8 Å². The monoisotopic (exact) mass is 505 g/mol. The summed E-state index contributed by atoms with van der Waals surface area (Å²) in [5.74, 6) is -0.0486. The lowest BCUT2D eigenvalue weighted by atomic mass is 10.4. The molecule has 0 aromatic rings. The summed E-state index contributed by atoms with van der Waals surface area (Å²) in [5, 5.41) is 0. The van der Waals surface area contributed by atoms with E-state index in [0.717, 1.165) is 28.6 Å². The standard InChI is InChI=1S/C21H45O6Si4/c1-22-19(23-2)28-13-7-10-16-31(17-11-8-14-29-20(24-3)25-4)18-12-9-15-30-21(26-5)27-6/h19-21H,7-18H2,1-6H3. The molecule has 0 aromatic heterocycles. The molecule has 0 saturated carbocycles. The second-order valence-corrected chi connectivity index (χ2v) is 14.5. The van der Waals surface area contributed by atoms with Crippen LogP contribution in [0.25, 0.3) is 0 Å². The third-order valence-corrected chi connectivity index (χ3v) is 12.6. The summed E-state index contributed by atoms with van der Waals surface area (Å²) in [6, 6.07) is 7.99. The number of rotatable bonds is 24. The summed E-state index contributed by atoms with van der Waals surface area (Å²) in [6.45, 7) is 0. The Balaban J connectivity index is 4.13. The van der Waals surface area contributed by atoms with Gasteiger partial charge < -0.3 is 28.4 Å². The quantitative estimate of drug-likeness (QED) is 0.113. The van der Waals surface area contributed by atoms with Crippen molar-refractivity contribution in [1.82, 2.24) is 0 Å². The third-order valence-electron chi connectivity index (χ3n) is 5.09. The molecule has 6 nitrogen and oxygen atoms in total. The molecule has 0 amide bonds. The predicted octanol–water partition coefficient (Wildman–Crippen LogP) is 3.92. The molecule has 7 radical (unpaired) electrons. The Morgan fingerprint density at radius 3 is 0.935 bits per heavy atom. The molecule has 0 aliphatic heterocycles. The van der Waals surface area contributed by atoms with Crippen LogP contribution in [0.1, 0.15) is 38.5 Å². The van der Waals surface area contributed by atoms with Crippen LogP contribution in [0.3, 0.4) is 0 Å². The zero-order valence-corrected chi connectivity index (χ0v) is 24.7. The Labute approximate surface area is 200 Å². The normalized spacial score (nSPS) is 12.2. The first-order chi connectivity index (χ1) is 15.1. The molecule has 0 aromatic carbocycles. The Bertz CT molecular complexity index is 306. The SMILES string of the molecule is COC(OC)[Si]CCCC[Si](CCCC[Si]C(OC)OC)CCCC[Si]C(OC)OC. The van der Waals surface area contributed by atoms with E-state index < -0.39 is 0 Å². The summed E-state index contributed by atoms with van der Waals surface area (Å²) in [6.07, 6.45) is 7.96. The highest BCUT2D eigenvalue weighted by Gasteiger charge is 2.13. The van der Waals surface area contributed by atoms with Crippen LogP contribution < -0.4 is 0 Å². The van der Waals surface area contributed by atoms with E-state index in [1.165, 1.54) is 74.8 Å². The van der Waals surface area contributed by atoms with Crippen molar-refractivity contribution in [3.05, 3.63) is 0 Å². The van der Waals surface area contributed by atoms with Gasteiger partial charge in [-0.3, -0.25) is 0 Å². The maximum atomic E-state index is 5.31. The molecule has 0 N–H and O–H groups in total. The van der Waals surface area contributed by atoms with Gasteiger partial charge >= 0.3 is 0 Å². The van der Waals surface area contributed by atoms with E-state index in [4.69, 9.17) is 28.4 Å². The lowest BCUT2D eigenvalue weighted by Gasteiger charge is -2.17. The van der Waals surface area contributed by atoms with Gasteiger partial charge in [-0.2, -0.15) is 0 Å². The predicted molar refractivity (Wildman–Crippen MR) is 133 cm³/mol. The van der Waals surface area contributed by atoms with Gasteiger partial charge in [0.15, 0.2) is 0 Å². The highest BCUT2D eigenvalue weighted by molar-refractivity contribution is 6.58. The van der Waals surface area contributed by atoms with Crippen LogP contribution in [0.15, 0.2) is 0 Å². The van der Waals surface area contributed by atoms with E-state index in [2.05, 4.69) is 0 Å². The molecule has 0 atom stereocenters. The summed E-state index contributed by atoms with van der Waals surface area (Å²) in [4.78, 5) is 0. The maximum Gasteiger partial charge on any atom is 0.136 e. The second kappa shape index (κ2) is 23.8. The molecule has 10 heteroatoms. The van der Waals surface area contributed by atoms with Crippen LogP contribution in [-0.4, -0.2) is 97.8 Å². The van der Waals surface area contributed by atoms with Crippen LogP contribution in [-0.2, 0) is 28.4 Å². The molecule has 0 spiro atoms. The zero-order chi connectivity index (χ0) is 23.2. The fraction of sp³-hybridized carbons (Fsp3) is 1.00.